The molecule has 0 aromatic heterocycles. The van der Waals surface area contributed by atoms with Crippen molar-refractivity contribution in [2.45, 2.75) is 0 Å². The number of nitroso groups, excluding NO2 is 1. The van der Waals surface area contributed by atoms with Crippen molar-refractivity contribution in [3.8, 4) is 0 Å². The molecule has 4 heteroatoms. The quantitative estimate of drug-likeness (QED) is 0.496. The first kappa shape index (κ1) is 8.39. The Balaban J connectivity index is 3.13. The maximum Gasteiger partial charge on any atom is 0.340 e. The number of carbonyl (C=O) groups excluding carboxylic acids is 1. The van der Waals surface area contributed by atoms with Gasteiger partial charge in [-0.2, -0.15) is 0 Å². The van der Waals surface area contributed by atoms with Crippen LogP contribution in [-0.2, 0) is 4.74 Å². The number of methoxy groups -OCH3 is 1. The van der Waals surface area contributed by atoms with Gasteiger partial charge in [-0.05, 0) is 17.3 Å². The van der Waals surface area contributed by atoms with E-state index in [0.717, 1.165) is 0 Å². The Hall–Kier alpha value is -1.71. The van der Waals surface area contributed by atoms with Crippen molar-refractivity contribution in [2.75, 3.05) is 7.11 Å². The summed E-state index contributed by atoms with van der Waals surface area (Å²) in [5, 5.41) is 2.69. The monoisotopic (exact) mass is 165 g/mol. The lowest BCUT2D eigenvalue weighted by Gasteiger charge is -1.99. The summed E-state index contributed by atoms with van der Waals surface area (Å²) < 4.78 is 4.44. The molecular formula is C8H7NO3. The SMILES string of the molecule is COC(=O)c1ccccc1N=O. The van der Waals surface area contributed by atoms with Gasteiger partial charge in [0.25, 0.3) is 0 Å². The van der Waals surface area contributed by atoms with E-state index in [1.54, 1.807) is 12.1 Å². The van der Waals surface area contributed by atoms with Gasteiger partial charge in [-0.1, -0.05) is 12.1 Å². The number of rotatable bonds is 2. The standard InChI is InChI=1S/C8H7NO3/c1-12-8(10)6-4-2-3-5-7(6)9-11/h2-5H,1H3. The Bertz CT molecular complexity index is 309. The predicted molar refractivity (Wildman–Crippen MR) is 43.2 cm³/mol. The maximum atomic E-state index is 11.0. The molecule has 0 spiro atoms. The van der Waals surface area contributed by atoms with Crippen LogP contribution in [-0.4, -0.2) is 13.1 Å². The van der Waals surface area contributed by atoms with E-state index in [-0.39, 0.29) is 11.3 Å². The van der Waals surface area contributed by atoms with Crippen LogP contribution in [0.2, 0.25) is 0 Å². The molecule has 62 valence electrons. The Kier molecular flexibility index (Phi) is 2.53. The molecule has 0 aliphatic heterocycles. The van der Waals surface area contributed by atoms with E-state index in [9.17, 15) is 9.70 Å². The first-order valence-corrected chi connectivity index (χ1v) is 3.30. The Morgan fingerprint density at radius 3 is 2.67 bits per heavy atom. The number of hydrogen-bond donors (Lipinski definition) is 0. The fourth-order valence-electron chi connectivity index (χ4n) is 0.836. The smallest absolute Gasteiger partial charge is 0.340 e. The van der Waals surface area contributed by atoms with Gasteiger partial charge in [0.15, 0.2) is 0 Å². The highest BCUT2D eigenvalue weighted by Gasteiger charge is 2.10. The summed E-state index contributed by atoms with van der Waals surface area (Å²) in [5.41, 5.74) is 0.291. The Labute approximate surface area is 69.1 Å². The fraction of sp³-hybridized carbons (Fsp3) is 0.125. The molecule has 0 unspecified atom stereocenters. The van der Waals surface area contributed by atoms with Gasteiger partial charge in [-0.3, -0.25) is 0 Å². The van der Waals surface area contributed by atoms with Crippen molar-refractivity contribution >= 4 is 11.7 Å². The molecule has 1 aromatic carbocycles. The second-order valence-electron chi connectivity index (χ2n) is 2.10. The molecule has 0 amide bonds. The van der Waals surface area contributed by atoms with Crippen LogP contribution in [0.1, 0.15) is 10.4 Å². The van der Waals surface area contributed by atoms with Crippen LogP contribution >= 0.6 is 0 Å². The molecule has 0 aliphatic carbocycles. The molecule has 1 aromatic rings. The summed E-state index contributed by atoms with van der Waals surface area (Å²) in [7, 11) is 1.25. The van der Waals surface area contributed by atoms with E-state index < -0.39 is 5.97 Å². The summed E-state index contributed by atoms with van der Waals surface area (Å²) in [6.45, 7) is 0. The second kappa shape index (κ2) is 3.61. The van der Waals surface area contributed by atoms with Gasteiger partial charge in [0.05, 0.1) is 12.7 Å². The van der Waals surface area contributed by atoms with E-state index in [1.165, 1.54) is 19.2 Å². The average molecular weight is 165 g/mol. The first-order chi connectivity index (χ1) is 5.79. The number of ether oxygens (including phenoxy) is 1. The van der Waals surface area contributed by atoms with Crippen molar-refractivity contribution in [2.24, 2.45) is 5.18 Å². The molecule has 0 heterocycles. The number of carbonyl (C=O) groups is 1. The van der Waals surface area contributed by atoms with E-state index in [1.807, 2.05) is 0 Å². The van der Waals surface area contributed by atoms with Gasteiger partial charge in [-0.15, -0.1) is 4.91 Å². The summed E-state index contributed by atoms with van der Waals surface area (Å²) in [5.74, 6) is -0.551. The number of hydrogen-bond acceptors (Lipinski definition) is 4. The van der Waals surface area contributed by atoms with Crippen molar-refractivity contribution < 1.29 is 9.53 Å². The molecule has 0 saturated carbocycles. The van der Waals surface area contributed by atoms with Crippen molar-refractivity contribution in [1.82, 2.24) is 0 Å². The third-order valence-electron chi connectivity index (χ3n) is 1.41. The molecule has 0 fully saturated rings. The lowest BCUT2D eigenvalue weighted by Crippen LogP contribution is -2.00. The van der Waals surface area contributed by atoms with Crippen LogP contribution in [0.25, 0.3) is 0 Å². The van der Waals surface area contributed by atoms with Gasteiger partial charge < -0.3 is 4.74 Å². The van der Waals surface area contributed by atoms with E-state index >= 15 is 0 Å². The molecule has 12 heavy (non-hydrogen) atoms. The highest BCUT2D eigenvalue weighted by molar-refractivity contribution is 5.94. The minimum Gasteiger partial charge on any atom is -0.465 e. The fourth-order valence-corrected chi connectivity index (χ4v) is 0.836. The van der Waals surface area contributed by atoms with E-state index in [2.05, 4.69) is 9.91 Å². The lowest BCUT2D eigenvalue weighted by molar-refractivity contribution is 0.0601. The molecule has 0 N–H and O–H groups in total. The summed E-state index contributed by atoms with van der Waals surface area (Å²) in [4.78, 5) is 21.2. The van der Waals surface area contributed by atoms with E-state index in [4.69, 9.17) is 0 Å². The van der Waals surface area contributed by atoms with Crippen LogP contribution in [0.15, 0.2) is 29.4 Å². The summed E-state index contributed by atoms with van der Waals surface area (Å²) in [6.07, 6.45) is 0. The predicted octanol–water partition coefficient (Wildman–Crippen LogP) is 1.87. The van der Waals surface area contributed by atoms with Crippen molar-refractivity contribution in [3.63, 3.8) is 0 Å². The average Bonchev–Trinajstić information content (AvgIpc) is 2.16. The van der Waals surface area contributed by atoms with Gasteiger partial charge in [0.1, 0.15) is 5.69 Å². The zero-order valence-corrected chi connectivity index (χ0v) is 6.48. The largest absolute Gasteiger partial charge is 0.465 e. The molecule has 1 rings (SSSR count). The van der Waals surface area contributed by atoms with Crippen LogP contribution in [0, 0.1) is 4.91 Å². The number of esters is 1. The first-order valence-electron chi connectivity index (χ1n) is 3.30. The maximum absolute atomic E-state index is 11.0. The lowest BCUT2D eigenvalue weighted by atomic mass is 10.2. The summed E-state index contributed by atoms with van der Waals surface area (Å²) in [6, 6.07) is 6.21. The molecule has 0 radical (unpaired) electrons. The number of benzene rings is 1. The normalized spacial score (nSPS) is 9.08. The van der Waals surface area contributed by atoms with Crippen LogP contribution < -0.4 is 0 Å². The van der Waals surface area contributed by atoms with Gasteiger partial charge in [0, 0.05) is 0 Å². The molecule has 0 bridgehead atoms. The zero-order chi connectivity index (χ0) is 8.97. The highest BCUT2D eigenvalue weighted by Crippen LogP contribution is 2.18. The third-order valence-corrected chi connectivity index (χ3v) is 1.41. The topological polar surface area (TPSA) is 55.7 Å². The summed E-state index contributed by atoms with van der Waals surface area (Å²) >= 11 is 0. The zero-order valence-electron chi connectivity index (χ0n) is 6.48. The van der Waals surface area contributed by atoms with Crippen LogP contribution in [0.3, 0.4) is 0 Å². The molecule has 0 saturated heterocycles. The highest BCUT2D eigenvalue weighted by atomic mass is 16.5. The van der Waals surface area contributed by atoms with Gasteiger partial charge >= 0.3 is 5.97 Å². The van der Waals surface area contributed by atoms with Crippen molar-refractivity contribution in [1.29, 1.82) is 0 Å². The molecule has 4 nitrogen and oxygen atoms in total. The van der Waals surface area contributed by atoms with Gasteiger partial charge in [-0.25, -0.2) is 4.79 Å². The van der Waals surface area contributed by atoms with Crippen molar-refractivity contribution in [3.05, 3.63) is 34.7 Å². The Morgan fingerprint density at radius 2 is 2.08 bits per heavy atom. The third kappa shape index (κ3) is 1.47. The Morgan fingerprint density at radius 1 is 1.42 bits per heavy atom. The second-order valence-corrected chi connectivity index (χ2v) is 2.10. The molecule has 0 atom stereocenters. The minimum absolute atomic E-state index is 0.101. The molecule has 0 aliphatic rings. The number of nitrogens with zero attached hydrogens (tertiary/aromatic N) is 1. The van der Waals surface area contributed by atoms with E-state index in [0.29, 0.717) is 0 Å². The van der Waals surface area contributed by atoms with Gasteiger partial charge in [0.2, 0.25) is 0 Å². The molecular weight excluding hydrogens is 158 g/mol. The van der Waals surface area contributed by atoms with Crippen LogP contribution in [0.4, 0.5) is 5.69 Å². The van der Waals surface area contributed by atoms with Crippen LogP contribution in [0.5, 0.6) is 0 Å². The minimum atomic E-state index is -0.551.